The van der Waals surface area contributed by atoms with E-state index >= 15 is 4.39 Å². The Bertz CT molecular complexity index is 1100. The highest BCUT2D eigenvalue weighted by molar-refractivity contribution is 14.1. The first-order valence-electron chi connectivity index (χ1n) is 8.86. The van der Waals surface area contributed by atoms with Gasteiger partial charge in [0.2, 0.25) is 5.82 Å². The summed E-state index contributed by atoms with van der Waals surface area (Å²) in [6.45, 7) is 3.24. The Labute approximate surface area is 185 Å². The van der Waals surface area contributed by atoms with Crippen molar-refractivity contribution in [1.29, 1.82) is 0 Å². The van der Waals surface area contributed by atoms with Gasteiger partial charge in [-0.1, -0.05) is 6.58 Å². The van der Waals surface area contributed by atoms with Gasteiger partial charge in [-0.25, -0.2) is 4.39 Å². The van der Waals surface area contributed by atoms with Crippen molar-refractivity contribution in [1.82, 2.24) is 4.57 Å². The molecule has 1 atom stereocenters. The predicted octanol–water partition coefficient (Wildman–Crippen LogP) is 2.69. The van der Waals surface area contributed by atoms with Gasteiger partial charge in [0.05, 0.1) is 23.5 Å². The molecule has 0 unspecified atom stereocenters. The van der Waals surface area contributed by atoms with Crippen LogP contribution in [0.15, 0.2) is 41.5 Å². The van der Waals surface area contributed by atoms with E-state index in [1.54, 1.807) is 18.0 Å². The van der Waals surface area contributed by atoms with Gasteiger partial charge >= 0.3 is 0 Å². The third-order valence-corrected chi connectivity index (χ3v) is 5.25. The highest BCUT2D eigenvalue weighted by Crippen LogP contribution is 2.41. The zero-order valence-electron chi connectivity index (χ0n) is 16.2. The molecule has 0 saturated heterocycles. The number of fused-ring (bicyclic) bond motifs is 1. The molecule has 3 N–H and O–H groups in total. The number of rotatable bonds is 6. The minimum atomic E-state index is -1.11. The van der Waals surface area contributed by atoms with Crippen LogP contribution in [0.1, 0.15) is 5.56 Å². The number of anilines is 3. The number of nitrogens with zero attached hydrogens (tertiary/aromatic N) is 2. The van der Waals surface area contributed by atoms with Gasteiger partial charge in [0, 0.05) is 29.4 Å². The summed E-state index contributed by atoms with van der Waals surface area (Å²) in [5, 5.41) is 21.2. The van der Waals surface area contributed by atoms with Gasteiger partial charge in [-0.3, -0.25) is 9.36 Å². The molecule has 0 fully saturated rings. The van der Waals surface area contributed by atoms with Crippen molar-refractivity contribution in [2.45, 2.75) is 6.10 Å². The molecule has 2 heterocycles. The second kappa shape index (κ2) is 8.74. The van der Waals surface area contributed by atoms with Crippen LogP contribution in [-0.4, -0.2) is 41.1 Å². The fourth-order valence-electron chi connectivity index (χ4n) is 3.08. The zero-order valence-corrected chi connectivity index (χ0v) is 18.4. The number of hydrogen-bond donors (Lipinski definition) is 3. The number of nitrogens with one attached hydrogen (secondary N) is 1. The molecule has 0 amide bonds. The SMILES string of the molecule is C=C1C(OC[C@@H](O)CO)=CN(C)c2c1c(Nc1ccc(I)cc1F)c(F)c(=O)n2C. The minimum Gasteiger partial charge on any atom is -0.489 e. The quantitative estimate of drug-likeness (QED) is 0.498. The maximum Gasteiger partial charge on any atom is 0.290 e. The van der Waals surface area contributed by atoms with Crippen molar-refractivity contribution >= 4 is 45.4 Å². The Morgan fingerprint density at radius 1 is 1.33 bits per heavy atom. The largest absolute Gasteiger partial charge is 0.489 e. The molecule has 1 aromatic heterocycles. The predicted molar refractivity (Wildman–Crippen MR) is 119 cm³/mol. The molecule has 3 rings (SSSR count). The molecule has 160 valence electrons. The first-order valence-corrected chi connectivity index (χ1v) is 9.94. The van der Waals surface area contributed by atoms with Crippen LogP contribution in [-0.2, 0) is 11.8 Å². The molecule has 1 aliphatic heterocycles. The molecule has 2 aromatic rings. The number of ether oxygens (including phenoxy) is 1. The lowest BCUT2D eigenvalue weighted by atomic mass is 10.00. The van der Waals surface area contributed by atoms with Crippen LogP contribution in [0.4, 0.5) is 26.0 Å². The Morgan fingerprint density at radius 3 is 2.67 bits per heavy atom. The van der Waals surface area contributed by atoms with Crippen molar-refractivity contribution in [2.24, 2.45) is 7.05 Å². The lowest BCUT2D eigenvalue weighted by Gasteiger charge is -2.31. The minimum absolute atomic E-state index is 0.00653. The van der Waals surface area contributed by atoms with Gasteiger partial charge < -0.3 is 25.2 Å². The summed E-state index contributed by atoms with van der Waals surface area (Å²) in [6.07, 6.45) is 0.419. The van der Waals surface area contributed by atoms with Crippen LogP contribution >= 0.6 is 22.6 Å². The maximum atomic E-state index is 15.0. The molecule has 10 heteroatoms. The Morgan fingerprint density at radius 2 is 2.03 bits per heavy atom. The summed E-state index contributed by atoms with van der Waals surface area (Å²) >= 11 is 1.95. The monoisotopic (exact) mass is 531 g/mol. The van der Waals surface area contributed by atoms with E-state index < -0.39 is 29.9 Å². The maximum absolute atomic E-state index is 15.0. The number of pyridine rings is 1. The normalized spacial score (nSPS) is 14.3. The molecular formula is C20H20F2IN3O4. The molecule has 1 aromatic carbocycles. The molecule has 0 radical (unpaired) electrons. The second-order valence-corrected chi connectivity index (χ2v) is 7.98. The van der Waals surface area contributed by atoms with Crippen LogP contribution in [0.25, 0.3) is 5.57 Å². The van der Waals surface area contributed by atoms with Crippen LogP contribution in [0, 0.1) is 15.2 Å². The zero-order chi connectivity index (χ0) is 22.2. The fourth-order valence-corrected chi connectivity index (χ4v) is 3.54. The number of hydrogen-bond acceptors (Lipinski definition) is 6. The molecule has 30 heavy (non-hydrogen) atoms. The van der Waals surface area contributed by atoms with Gasteiger partial charge in [0.15, 0.2) is 0 Å². The van der Waals surface area contributed by atoms with E-state index in [9.17, 15) is 14.3 Å². The van der Waals surface area contributed by atoms with E-state index in [4.69, 9.17) is 9.84 Å². The lowest BCUT2D eigenvalue weighted by molar-refractivity contribution is 0.0335. The highest BCUT2D eigenvalue weighted by atomic mass is 127. The molecule has 0 bridgehead atoms. The number of benzene rings is 1. The van der Waals surface area contributed by atoms with Gasteiger partial charge in [0.25, 0.3) is 5.56 Å². The van der Waals surface area contributed by atoms with Crippen molar-refractivity contribution in [3.05, 3.63) is 67.9 Å². The highest BCUT2D eigenvalue weighted by Gasteiger charge is 2.30. The molecule has 1 aliphatic rings. The van der Waals surface area contributed by atoms with E-state index in [0.717, 1.165) is 4.57 Å². The summed E-state index contributed by atoms with van der Waals surface area (Å²) in [5.74, 6) is -1.17. The topological polar surface area (TPSA) is 87.0 Å². The number of aliphatic hydroxyl groups is 2. The summed E-state index contributed by atoms with van der Waals surface area (Å²) in [5.41, 5.74) is -0.688. The average Bonchev–Trinajstić information content (AvgIpc) is 2.71. The van der Waals surface area contributed by atoms with E-state index in [0.29, 0.717) is 9.39 Å². The third-order valence-electron chi connectivity index (χ3n) is 4.58. The average molecular weight is 531 g/mol. The number of aromatic nitrogens is 1. The van der Waals surface area contributed by atoms with Crippen molar-refractivity contribution in [3.8, 4) is 0 Å². The lowest BCUT2D eigenvalue weighted by Crippen LogP contribution is -2.32. The standard InChI is InChI=1S/C20H20F2IN3O4/c1-10-15(30-9-12(28)8-27)7-25(2)19-16(10)18(17(22)20(29)26(19)3)24-14-5-4-11(23)6-13(14)21/h4-7,12,24,27-28H,1,8-9H2,2-3H3/t12-/m0/s1. The van der Waals surface area contributed by atoms with Crippen LogP contribution in [0.3, 0.4) is 0 Å². The van der Waals surface area contributed by atoms with E-state index in [2.05, 4.69) is 11.9 Å². The van der Waals surface area contributed by atoms with Crippen LogP contribution in [0.5, 0.6) is 0 Å². The summed E-state index contributed by atoms with van der Waals surface area (Å²) < 4.78 is 36.7. The third kappa shape index (κ3) is 4.07. The second-order valence-electron chi connectivity index (χ2n) is 6.73. The van der Waals surface area contributed by atoms with Crippen molar-refractivity contribution < 1.29 is 23.7 Å². The van der Waals surface area contributed by atoms with E-state index in [1.165, 1.54) is 25.4 Å². The smallest absolute Gasteiger partial charge is 0.290 e. The fraction of sp³-hybridized carbons (Fsp3) is 0.250. The Balaban J connectivity index is 2.13. The molecule has 0 aliphatic carbocycles. The Kier molecular flexibility index (Phi) is 6.48. The number of aliphatic hydroxyl groups excluding tert-OH is 2. The van der Waals surface area contributed by atoms with Gasteiger partial charge in [-0.15, -0.1) is 0 Å². The molecule has 0 saturated carbocycles. The van der Waals surface area contributed by atoms with Gasteiger partial charge in [0.1, 0.15) is 30.1 Å². The van der Waals surface area contributed by atoms with E-state index in [-0.39, 0.29) is 34.9 Å². The van der Waals surface area contributed by atoms with Crippen molar-refractivity contribution in [3.63, 3.8) is 0 Å². The van der Waals surface area contributed by atoms with Crippen LogP contribution in [0.2, 0.25) is 0 Å². The molecule has 7 nitrogen and oxygen atoms in total. The Hall–Kier alpha value is -2.44. The van der Waals surface area contributed by atoms with Crippen LogP contribution < -0.4 is 15.8 Å². The van der Waals surface area contributed by atoms with E-state index in [1.807, 2.05) is 22.6 Å². The van der Waals surface area contributed by atoms with Crippen molar-refractivity contribution in [2.75, 3.05) is 30.5 Å². The summed E-state index contributed by atoms with van der Waals surface area (Å²) in [7, 11) is 3.04. The summed E-state index contributed by atoms with van der Waals surface area (Å²) in [6, 6.07) is 4.36. The van der Waals surface area contributed by atoms with Gasteiger partial charge in [-0.05, 0) is 40.8 Å². The first kappa shape index (κ1) is 22.2. The summed E-state index contributed by atoms with van der Waals surface area (Å²) in [4.78, 5) is 14.0. The first-order chi connectivity index (χ1) is 14.1. The number of halogens is 3. The molecule has 0 spiro atoms. The molecular weight excluding hydrogens is 511 g/mol. The van der Waals surface area contributed by atoms with Gasteiger partial charge in [-0.2, -0.15) is 4.39 Å². The number of allylic oxidation sites excluding steroid dienone is 1.